The third-order valence-electron chi connectivity index (χ3n) is 11.7. The predicted octanol–water partition coefficient (Wildman–Crippen LogP) is 5.84. The molecule has 2 heterocycles. The van der Waals surface area contributed by atoms with E-state index in [1.807, 2.05) is 30.3 Å². The van der Waals surface area contributed by atoms with Crippen molar-refractivity contribution in [2.24, 2.45) is 33.7 Å². The van der Waals surface area contributed by atoms with E-state index in [1.165, 1.54) is 5.57 Å². The Kier molecular flexibility index (Phi) is 7.16. The monoisotopic (exact) mass is 611 g/mol. The second kappa shape index (κ2) is 10.4. The summed E-state index contributed by atoms with van der Waals surface area (Å²) in [7, 11) is 0. The Labute approximate surface area is 258 Å². The van der Waals surface area contributed by atoms with E-state index in [-0.39, 0.29) is 31.3 Å². The van der Waals surface area contributed by atoms with Crippen LogP contribution in [0.4, 0.5) is 0 Å². The standard InChI is InChI=1S/C34H42ClNO7/c1-5-23-7-6-8-26(16-23)39-13-14-43-36-25-11-12-30(3)24(17-25)9-10-27-28-15-22(2)34(31(28,4)18-29(37)33(27,30)35)32(41-21-42-34)19-38-20-40-32/h5-8,11-12,16-17,22,27-29,37H,1,9-10,13-15,18-21H2,2-4H3/b36-25-/t22-,27-,28-,29-,30-,31-,32?,33-,34+/m0/s1. The maximum atomic E-state index is 12.1. The fraction of sp³-hybridized carbons (Fsp3) is 0.618. The number of alkyl halides is 1. The van der Waals surface area contributed by atoms with Crippen LogP contribution in [0, 0.1) is 28.6 Å². The van der Waals surface area contributed by atoms with Gasteiger partial charge in [0.2, 0.25) is 5.79 Å². The molecular weight excluding hydrogens is 570 g/mol. The molecule has 7 rings (SSSR count). The number of hydrogen-bond donors (Lipinski definition) is 1. The smallest absolute Gasteiger partial charge is 0.227 e. The number of allylic oxidation sites excluding steroid dienone is 4. The molecule has 3 saturated carbocycles. The lowest BCUT2D eigenvalue weighted by Gasteiger charge is -2.64. The number of benzene rings is 1. The van der Waals surface area contributed by atoms with Crippen molar-refractivity contribution in [1.29, 1.82) is 0 Å². The summed E-state index contributed by atoms with van der Waals surface area (Å²) in [5.41, 5.74) is 1.27. The van der Waals surface area contributed by atoms with Gasteiger partial charge in [0, 0.05) is 10.8 Å². The normalized spacial score (nSPS) is 45.6. The second-order valence-corrected chi connectivity index (χ2v) is 14.1. The van der Waals surface area contributed by atoms with Gasteiger partial charge in [-0.1, -0.05) is 62.4 Å². The summed E-state index contributed by atoms with van der Waals surface area (Å²) >= 11 is 7.77. The van der Waals surface area contributed by atoms with Crippen LogP contribution in [0.2, 0.25) is 0 Å². The zero-order chi connectivity index (χ0) is 30.1. The Balaban J connectivity index is 1.09. The highest BCUT2D eigenvalue weighted by atomic mass is 35.5. The highest BCUT2D eigenvalue weighted by Gasteiger charge is 2.81. The third-order valence-corrected chi connectivity index (χ3v) is 12.6. The van der Waals surface area contributed by atoms with Gasteiger partial charge in [-0.05, 0) is 73.3 Å². The van der Waals surface area contributed by atoms with Crippen molar-refractivity contribution < 1.29 is 33.6 Å². The Morgan fingerprint density at radius 1 is 1.16 bits per heavy atom. The minimum absolute atomic E-state index is 0.0755. The lowest BCUT2D eigenvalue weighted by atomic mass is 9.45. The fourth-order valence-corrected chi connectivity index (χ4v) is 10.4. The molecule has 232 valence electrons. The second-order valence-electron chi connectivity index (χ2n) is 13.5. The zero-order valence-corrected chi connectivity index (χ0v) is 26.0. The van der Waals surface area contributed by atoms with E-state index in [0.29, 0.717) is 26.2 Å². The topological polar surface area (TPSA) is 88.0 Å². The van der Waals surface area contributed by atoms with Crippen LogP contribution in [0.5, 0.6) is 5.75 Å². The minimum atomic E-state index is -0.956. The van der Waals surface area contributed by atoms with Crippen molar-refractivity contribution in [2.45, 2.75) is 68.8 Å². The first kappa shape index (κ1) is 29.5. The molecule has 43 heavy (non-hydrogen) atoms. The van der Waals surface area contributed by atoms with Crippen LogP contribution in [0.3, 0.4) is 0 Å². The first-order valence-electron chi connectivity index (χ1n) is 15.5. The fourth-order valence-electron chi connectivity index (χ4n) is 9.85. The molecule has 9 atom stereocenters. The number of aliphatic hydroxyl groups is 1. The summed E-state index contributed by atoms with van der Waals surface area (Å²) in [6, 6.07) is 7.75. The number of halogens is 1. The van der Waals surface area contributed by atoms with Gasteiger partial charge in [0.15, 0.2) is 20.2 Å². The number of fused-ring (bicyclic) bond motifs is 7. The largest absolute Gasteiger partial charge is 0.490 e. The van der Waals surface area contributed by atoms with E-state index < -0.39 is 33.2 Å². The number of ether oxygens (including phenoxy) is 5. The van der Waals surface area contributed by atoms with Crippen LogP contribution >= 0.6 is 11.6 Å². The summed E-state index contributed by atoms with van der Waals surface area (Å²) < 4.78 is 30.4. The van der Waals surface area contributed by atoms with Gasteiger partial charge in [-0.15, -0.1) is 11.6 Å². The van der Waals surface area contributed by atoms with Crippen molar-refractivity contribution in [1.82, 2.24) is 0 Å². The van der Waals surface area contributed by atoms with Gasteiger partial charge < -0.3 is 33.6 Å². The van der Waals surface area contributed by atoms with E-state index in [2.05, 4.69) is 44.7 Å². The molecule has 1 unspecified atom stereocenters. The number of nitrogens with zero attached hydrogens (tertiary/aromatic N) is 1. The first-order chi connectivity index (χ1) is 20.6. The maximum Gasteiger partial charge on any atom is 0.227 e. The lowest BCUT2D eigenvalue weighted by molar-refractivity contribution is -0.264. The van der Waals surface area contributed by atoms with Gasteiger partial charge in [-0.25, -0.2) is 0 Å². The molecule has 0 aromatic heterocycles. The molecule has 5 fully saturated rings. The molecule has 0 bridgehead atoms. The summed E-state index contributed by atoms with van der Waals surface area (Å²) in [6.07, 6.45) is 10.4. The van der Waals surface area contributed by atoms with Crippen LogP contribution in [0.25, 0.3) is 6.08 Å². The minimum Gasteiger partial charge on any atom is -0.490 e. The molecule has 9 heteroatoms. The van der Waals surface area contributed by atoms with Gasteiger partial charge in [0.25, 0.3) is 0 Å². The Hall–Kier alpha value is -2.20. The van der Waals surface area contributed by atoms with Crippen molar-refractivity contribution in [3.8, 4) is 5.75 Å². The lowest BCUT2D eigenvalue weighted by Crippen LogP contribution is -2.71. The molecule has 6 aliphatic rings. The highest BCUT2D eigenvalue weighted by molar-refractivity contribution is 6.26. The molecule has 0 amide bonds. The SMILES string of the molecule is C=Cc1cccc(OCCO/N=C2/C=C[C@@]3(C)C(=C2)CC[C@H]2[C@@H]4C[C@H](C)[C@@]5(OCOC56COCO6)[C@@]4(C)C[C@H](O)[C@@]23Cl)c1. The summed E-state index contributed by atoms with van der Waals surface area (Å²) in [5.74, 6) is 0.261. The van der Waals surface area contributed by atoms with E-state index in [4.69, 9.17) is 40.1 Å². The zero-order valence-electron chi connectivity index (χ0n) is 25.2. The first-order valence-corrected chi connectivity index (χ1v) is 15.8. The molecule has 4 aliphatic carbocycles. The van der Waals surface area contributed by atoms with Gasteiger partial charge in [-0.3, -0.25) is 0 Å². The van der Waals surface area contributed by atoms with Crippen molar-refractivity contribution in [3.63, 3.8) is 0 Å². The predicted molar refractivity (Wildman–Crippen MR) is 162 cm³/mol. The number of hydrogen-bond acceptors (Lipinski definition) is 8. The average Bonchev–Trinajstić information content (AvgIpc) is 3.69. The van der Waals surface area contributed by atoms with Crippen LogP contribution in [0.1, 0.15) is 52.0 Å². The summed E-state index contributed by atoms with van der Waals surface area (Å²) in [5, 5.41) is 16.5. The quantitative estimate of drug-likeness (QED) is 0.246. The van der Waals surface area contributed by atoms with Crippen LogP contribution in [0.15, 0.2) is 59.8 Å². The van der Waals surface area contributed by atoms with E-state index in [0.717, 1.165) is 36.3 Å². The summed E-state index contributed by atoms with van der Waals surface area (Å²) in [6.45, 7) is 11.8. The Bertz CT molecular complexity index is 1370. The van der Waals surface area contributed by atoms with Gasteiger partial charge >= 0.3 is 0 Å². The molecular formula is C34H42ClNO7. The van der Waals surface area contributed by atoms with Crippen molar-refractivity contribution in [2.75, 3.05) is 33.4 Å². The van der Waals surface area contributed by atoms with Gasteiger partial charge in [0.05, 0.1) is 11.0 Å². The van der Waals surface area contributed by atoms with E-state index in [1.54, 1.807) is 6.08 Å². The third kappa shape index (κ3) is 3.96. The van der Waals surface area contributed by atoms with Crippen LogP contribution < -0.4 is 4.74 Å². The number of oxime groups is 1. The molecule has 8 nitrogen and oxygen atoms in total. The Morgan fingerprint density at radius 3 is 2.79 bits per heavy atom. The Morgan fingerprint density at radius 2 is 2.00 bits per heavy atom. The van der Waals surface area contributed by atoms with Gasteiger partial charge in [-0.2, -0.15) is 0 Å². The molecule has 1 aromatic rings. The number of aliphatic hydroxyl groups excluding tert-OH is 1. The molecule has 1 N–H and O–H groups in total. The average molecular weight is 612 g/mol. The molecule has 0 radical (unpaired) electrons. The number of rotatable bonds is 6. The molecule has 1 aromatic carbocycles. The van der Waals surface area contributed by atoms with Crippen molar-refractivity contribution in [3.05, 3.63) is 60.2 Å². The molecule has 2 saturated heterocycles. The summed E-state index contributed by atoms with van der Waals surface area (Å²) in [4.78, 5) is 4.74. The van der Waals surface area contributed by atoms with Crippen molar-refractivity contribution >= 4 is 23.4 Å². The maximum absolute atomic E-state index is 12.1. The molecule has 2 spiro atoms. The van der Waals surface area contributed by atoms with Crippen LogP contribution in [-0.2, 0) is 23.8 Å². The van der Waals surface area contributed by atoms with Gasteiger partial charge in [0.1, 0.15) is 30.3 Å². The van der Waals surface area contributed by atoms with Crippen LogP contribution in [-0.4, -0.2) is 66.6 Å². The molecule has 2 aliphatic heterocycles. The van der Waals surface area contributed by atoms with E-state index in [9.17, 15) is 5.11 Å². The highest BCUT2D eigenvalue weighted by Crippen LogP contribution is 2.74. The van der Waals surface area contributed by atoms with E-state index >= 15 is 0 Å².